The van der Waals surface area contributed by atoms with Gasteiger partial charge in [-0.25, -0.2) is 0 Å². The molecular formula is C13H17N3O4. The fourth-order valence-corrected chi connectivity index (χ4v) is 1.83. The molecule has 1 unspecified atom stereocenters. The third-order valence-electron chi connectivity index (χ3n) is 3.01. The van der Waals surface area contributed by atoms with E-state index in [9.17, 15) is 4.79 Å². The van der Waals surface area contributed by atoms with E-state index in [1.165, 1.54) is 0 Å². The third-order valence-corrected chi connectivity index (χ3v) is 3.01. The fraction of sp³-hybridized carbons (Fsp3) is 0.385. The van der Waals surface area contributed by atoms with Crippen LogP contribution >= 0.6 is 0 Å². The summed E-state index contributed by atoms with van der Waals surface area (Å²) in [5.74, 6) is -0.290. The van der Waals surface area contributed by atoms with Gasteiger partial charge in [0.15, 0.2) is 11.9 Å². The van der Waals surface area contributed by atoms with E-state index in [1.807, 2.05) is 6.92 Å². The third kappa shape index (κ3) is 3.25. The Labute approximate surface area is 116 Å². The molecule has 108 valence electrons. The number of amidine groups is 1. The number of anilines is 1. The number of nitrogens with two attached hydrogens (primary N) is 1. The number of amides is 1. The van der Waals surface area contributed by atoms with Gasteiger partial charge in [0.1, 0.15) is 0 Å². The number of nitrogens with one attached hydrogen (secondary N) is 1. The van der Waals surface area contributed by atoms with Crippen molar-refractivity contribution in [1.82, 2.24) is 0 Å². The minimum absolute atomic E-state index is 0.0160. The molecule has 0 bridgehead atoms. The van der Waals surface area contributed by atoms with Crippen LogP contribution in [0.25, 0.3) is 0 Å². The van der Waals surface area contributed by atoms with Crippen molar-refractivity contribution in [2.75, 3.05) is 25.1 Å². The van der Waals surface area contributed by atoms with E-state index in [4.69, 9.17) is 20.4 Å². The van der Waals surface area contributed by atoms with Crippen LogP contribution in [0.4, 0.5) is 5.69 Å². The summed E-state index contributed by atoms with van der Waals surface area (Å²) >= 11 is 0. The average molecular weight is 279 g/mol. The van der Waals surface area contributed by atoms with Gasteiger partial charge in [-0.2, -0.15) is 0 Å². The maximum Gasteiger partial charge on any atom is 0.255 e. The highest BCUT2D eigenvalue weighted by Gasteiger charge is 2.23. The first-order valence-corrected chi connectivity index (χ1v) is 6.20. The van der Waals surface area contributed by atoms with E-state index in [0.29, 0.717) is 24.5 Å². The second kappa shape index (κ2) is 6.36. The zero-order valence-corrected chi connectivity index (χ0v) is 11.1. The molecule has 1 aromatic carbocycles. The predicted octanol–water partition coefficient (Wildman–Crippen LogP) is 0.443. The maximum absolute atomic E-state index is 12.0. The lowest BCUT2D eigenvalue weighted by Crippen LogP contribution is -2.39. The van der Waals surface area contributed by atoms with E-state index < -0.39 is 6.10 Å². The summed E-state index contributed by atoms with van der Waals surface area (Å²) in [6, 6.07) is 5.13. The van der Waals surface area contributed by atoms with E-state index >= 15 is 0 Å². The molecule has 0 radical (unpaired) electrons. The van der Waals surface area contributed by atoms with Crippen LogP contribution in [0.5, 0.6) is 0 Å². The van der Waals surface area contributed by atoms with Crippen LogP contribution in [0.2, 0.25) is 0 Å². The van der Waals surface area contributed by atoms with Crippen LogP contribution in [0.15, 0.2) is 23.4 Å². The number of rotatable bonds is 3. The highest BCUT2D eigenvalue weighted by atomic mass is 16.6. The van der Waals surface area contributed by atoms with Crippen molar-refractivity contribution in [3.63, 3.8) is 0 Å². The first kappa shape index (κ1) is 14.3. The topological polar surface area (TPSA) is 106 Å². The molecule has 7 heteroatoms. The maximum atomic E-state index is 12.0. The molecule has 1 amide bonds. The Morgan fingerprint density at radius 2 is 2.30 bits per heavy atom. The number of oxime groups is 1. The van der Waals surface area contributed by atoms with Crippen molar-refractivity contribution in [2.45, 2.75) is 13.0 Å². The molecule has 1 heterocycles. The first-order valence-electron chi connectivity index (χ1n) is 6.20. The minimum Gasteiger partial charge on any atom is -0.409 e. The molecule has 2 rings (SSSR count). The van der Waals surface area contributed by atoms with Gasteiger partial charge >= 0.3 is 0 Å². The van der Waals surface area contributed by atoms with Crippen molar-refractivity contribution in [3.05, 3.63) is 29.3 Å². The van der Waals surface area contributed by atoms with E-state index in [0.717, 1.165) is 5.56 Å². The predicted molar refractivity (Wildman–Crippen MR) is 72.9 cm³/mol. The molecule has 0 saturated carbocycles. The molecule has 0 aromatic heterocycles. The van der Waals surface area contributed by atoms with Gasteiger partial charge in [0, 0.05) is 11.3 Å². The van der Waals surface area contributed by atoms with Gasteiger partial charge in [-0.05, 0) is 18.6 Å². The molecule has 4 N–H and O–H groups in total. The molecular weight excluding hydrogens is 262 g/mol. The lowest BCUT2D eigenvalue weighted by Gasteiger charge is -2.22. The Morgan fingerprint density at radius 1 is 1.50 bits per heavy atom. The summed E-state index contributed by atoms with van der Waals surface area (Å²) in [4.78, 5) is 12.0. The molecule has 1 saturated heterocycles. The van der Waals surface area contributed by atoms with Gasteiger partial charge in [-0.1, -0.05) is 17.3 Å². The number of aryl methyl sites for hydroxylation is 1. The number of ether oxygens (including phenoxy) is 2. The first-order chi connectivity index (χ1) is 9.61. The van der Waals surface area contributed by atoms with Gasteiger partial charge in [-0.15, -0.1) is 0 Å². The second-order valence-corrected chi connectivity index (χ2v) is 4.44. The summed E-state index contributed by atoms with van der Waals surface area (Å²) in [5, 5.41) is 14.4. The molecule has 7 nitrogen and oxygen atoms in total. The lowest BCUT2D eigenvalue weighted by atomic mass is 10.1. The molecule has 1 aromatic rings. The van der Waals surface area contributed by atoms with E-state index in [-0.39, 0.29) is 18.3 Å². The standard InChI is InChI=1S/C13H17N3O4/c1-8-2-3-9(12(14)16-18)6-10(8)15-13(17)11-7-19-4-5-20-11/h2-3,6,11,18H,4-5,7H2,1H3,(H2,14,16)(H,15,17). The van der Waals surface area contributed by atoms with Gasteiger partial charge in [0.2, 0.25) is 0 Å². The van der Waals surface area contributed by atoms with Gasteiger partial charge in [0.05, 0.1) is 19.8 Å². The Morgan fingerprint density at radius 3 is 2.95 bits per heavy atom. The highest BCUT2D eigenvalue weighted by Crippen LogP contribution is 2.18. The van der Waals surface area contributed by atoms with Crippen molar-refractivity contribution in [2.24, 2.45) is 10.9 Å². The Hall–Kier alpha value is -2.12. The van der Waals surface area contributed by atoms with Gasteiger partial charge in [0.25, 0.3) is 5.91 Å². The van der Waals surface area contributed by atoms with Crippen LogP contribution < -0.4 is 11.1 Å². The van der Waals surface area contributed by atoms with Crippen molar-refractivity contribution in [3.8, 4) is 0 Å². The smallest absolute Gasteiger partial charge is 0.255 e. The number of benzene rings is 1. The second-order valence-electron chi connectivity index (χ2n) is 4.44. The largest absolute Gasteiger partial charge is 0.409 e. The van der Waals surface area contributed by atoms with Crippen LogP contribution in [0, 0.1) is 6.92 Å². The molecule has 20 heavy (non-hydrogen) atoms. The molecule has 1 aliphatic rings. The zero-order valence-electron chi connectivity index (χ0n) is 11.1. The molecule has 0 aliphatic carbocycles. The van der Waals surface area contributed by atoms with Crippen molar-refractivity contribution < 1.29 is 19.5 Å². The van der Waals surface area contributed by atoms with Crippen LogP contribution in [0.3, 0.4) is 0 Å². The molecule has 1 atom stereocenters. The highest BCUT2D eigenvalue weighted by molar-refractivity contribution is 6.00. The Bertz CT molecular complexity index is 524. The van der Waals surface area contributed by atoms with Crippen LogP contribution in [-0.2, 0) is 14.3 Å². The Balaban J connectivity index is 2.13. The van der Waals surface area contributed by atoms with E-state index in [2.05, 4.69) is 10.5 Å². The number of hydrogen-bond acceptors (Lipinski definition) is 5. The van der Waals surface area contributed by atoms with Gasteiger partial charge in [-0.3, -0.25) is 4.79 Å². The molecule has 1 fully saturated rings. The number of carbonyl (C=O) groups is 1. The normalized spacial score (nSPS) is 19.6. The number of nitrogens with zero attached hydrogens (tertiary/aromatic N) is 1. The summed E-state index contributed by atoms with van der Waals surface area (Å²) in [6.07, 6.45) is -0.615. The molecule has 1 aliphatic heterocycles. The van der Waals surface area contributed by atoms with Gasteiger partial charge < -0.3 is 25.7 Å². The number of hydrogen-bond donors (Lipinski definition) is 3. The average Bonchev–Trinajstić information content (AvgIpc) is 2.49. The lowest BCUT2D eigenvalue weighted by molar-refractivity contribution is -0.142. The number of carbonyl (C=O) groups excluding carboxylic acids is 1. The monoisotopic (exact) mass is 279 g/mol. The van der Waals surface area contributed by atoms with Crippen LogP contribution in [-0.4, -0.2) is 42.9 Å². The Kier molecular flexibility index (Phi) is 4.54. The SMILES string of the molecule is Cc1ccc(C(N)=NO)cc1NC(=O)C1COCCO1. The molecule has 0 spiro atoms. The minimum atomic E-state index is -0.615. The van der Waals surface area contributed by atoms with E-state index in [1.54, 1.807) is 18.2 Å². The van der Waals surface area contributed by atoms with Crippen molar-refractivity contribution in [1.29, 1.82) is 0 Å². The summed E-state index contributed by atoms with van der Waals surface area (Å²) < 4.78 is 10.5. The zero-order chi connectivity index (χ0) is 14.5. The fourth-order valence-electron chi connectivity index (χ4n) is 1.83. The summed E-state index contributed by atoms with van der Waals surface area (Å²) in [5.41, 5.74) is 7.51. The van der Waals surface area contributed by atoms with Crippen LogP contribution in [0.1, 0.15) is 11.1 Å². The summed E-state index contributed by atoms with van der Waals surface area (Å²) in [6.45, 7) is 3.00. The van der Waals surface area contributed by atoms with Crippen molar-refractivity contribution >= 4 is 17.4 Å². The summed E-state index contributed by atoms with van der Waals surface area (Å²) in [7, 11) is 0. The quantitative estimate of drug-likeness (QED) is 0.322.